The van der Waals surface area contributed by atoms with Crippen LogP contribution in [0.3, 0.4) is 0 Å². The van der Waals surface area contributed by atoms with E-state index in [2.05, 4.69) is 30.4 Å². The van der Waals surface area contributed by atoms with Crippen LogP contribution in [0.5, 0.6) is 5.75 Å². The molecule has 0 aliphatic heterocycles. The molecule has 1 aromatic rings. The number of rotatable bonds is 5. The molecular formula is C13H19NO. The predicted octanol–water partition coefficient (Wildman–Crippen LogP) is 2.68. The minimum atomic E-state index is 0.816. The third kappa shape index (κ3) is 2.51. The van der Waals surface area contributed by atoms with Gasteiger partial charge in [-0.3, -0.25) is 0 Å². The third-order valence-electron chi connectivity index (χ3n) is 2.92. The molecule has 0 saturated heterocycles. The van der Waals surface area contributed by atoms with Crippen LogP contribution in [0.4, 0.5) is 0 Å². The molecule has 1 aliphatic carbocycles. The zero-order chi connectivity index (χ0) is 10.7. The predicted molar refractivity (Wildman–Crippen MR) is 62.3 cm³/mol. The number of hydrogen-bond donors (Lipinski definition) is 1. The molecule has 0 heterocycles. The summed E-state index contributed by atoms with van der Waals surface area (Å²) in [5.41, 5.74) is 2.76. The van der Waals surface area contributed by atoms with E-state index in [1.807, 2.05) is 0 Å². The van der Waals surface area contributed by atoms with Crippen LogP contribution in [0.2, 0.25) is 0 Å². The van der Waals surface area contributed by atoms with Crippen molar-refractivity contribution in [2.75, 3.05) is 13.7 Å². The van der Waals surface area contributed by atoms with Crippen LogP contribution in [0, 0.1) is 0 Å². The average molecular weight is 205 g/mol. The van der Waals surface area contributed by atoms with Gasteiger partial charge in [0.2, 0.25) is 0 Å². The van der Waals surface area contributed by atoms with E-state index in [4.69, 9.17) is 4.74 Å². The van der Waals surface area contributed by atoms with Crippen LogP contribution in [0.15, 0.2) is 18.2 Å². The molecule has 1 N–H and O–H groups in total. The standard InChI is InChI=1S/C13H19NO/c1-3-14-9-12-8-11(10-4-5-10)6-7-13(12)15-2/h6-8,10,14H,3-5,9H2,1-2H3. The van der Waals surface area contributed by atoms with E-state index in [9.17, 15) is 0 Å². The maximum atomic E-state index is 5.36. The fourth-order valence-electron chi connectivity index (χ4n) is 1.87. The van der Waals surface area contributed by atoms with Crippen LogP contribution in [0.25, 0.3) is 0 Å². The lowest BCUT2D eigenvalue weighted by atomic mass is 10.1. The van der Waals surface area contributed by atoms with Gasteiger partial charge in [0.25, 0.3) is 0 Å². The summed E-state index contributed by atoms with van der Waals surface area (Å²) in [5, 5.41) is 3.35. The maximum absolute atomic E-state index is 5.36. The number of benzene rings is 1. The first-order valence-corrected chi connectivity index (χ1v) is 5.72. The van der Waals surface area contributed by atoms with Crippen molar-refractivity contribution in [1.29, 1.82) is 0 Å². The molecule has 1 aromatic carbocycles. The minimum absolute atomic E-state index is 0.816. The fraction of sp³-hybridized carbons (Fsp3) is 0.538. The van der Waals surface area contributed by atoms with Gasteiger partial charge in [-0.05, 0) is 36.9 Å². The summed E-state index contributed by atoms with van der Waals surface area (Å²) in [7, 11) is 1.74. The van der Waals surface area contributed by atoms with Crippen molar-refractivity contribution < 1.29 is 4.74 Å². The van der Waals surface area contributed by atoms with Gasteiger partial charge in [-0.15, -0.1) is 0 Å². The Hall–Kier alpha value is -1.02. The number of methoxy groups -OCH3 is 1. The summed E-state index contributed by atoms with van der Waals surface area (Å²) < 4.78 is 5.36. The zero-order valence-corrected chi connectivity index (χ0v) is 9.55. The Balaban J connectivity index is 2.17. The van der Waals surface area contributed by atoms with Crippen LogP contribution in [0.1, 0.15) is 36.8 Å². The monoisotopic (exact) mass is 205 g/mol. The molecule has 0 aromatic heterocycles. The molecule has 0 unspecified atom stereocenters. The van der Waals surface area contributed by atoms with E-state index in [1.54, 1.807) is 7.11 Å². The molecule has 0 radical (unpaired) electrons. The van der Waals surface area contributed by atoms with Crippen LogP contribution >= 0.6 is 0 Å². The molecular weight excluding hydrogens is 186 g/mol. The summed E-state index contributed by atoms with van der Waals surface area (Å²) in [5.74, 6) is 1.82. The Kier molecular flexibility index (Phi) is 3.27. The summed E-state index contributed by atoms with van der Waals surface area (Å²) in [6.07, 6.45) is 2.71. The molecule has 15 heavy (non-hydrogen) atoms. The lowest BCUT2D eigenvalue weighted by molar-refractivity contribution is 0.408. The molecule has 82 valence electrons. The Morgan fingerprint density at radius 2 is 2.20 bits per heavy atom. The lowest BCUT2D eigenvalue weighted by Crippen LogP contribution is -2.12. The van der Waals surface area contributed by atoms with Gasteiger partial charge >= 0.3 is 0 Å². The highest BCUT2D eigenvalue weighted by Crippen LogP contribution is 2.41. The SMILES string of the molecule is CCNCc1cc(C2CC2)ccc1OC. The minimum Gasteiger partial charge on any atom is -0.496 e. The summed E-state index contributed by atoms with van der Waals surface area (Å²) in [4.78, 5) is 0. The Bertz CT molecular complexity index is 331. The lowest BCUT2D eigenvalue weighted by Gasteiger charge is -2.10. The van der Waals surface area contributed by atoms with E-state index in [0.29, 0.717) is 0 Å². The molecule has 2 rings (SSSR count). The van der Waals surface area contributed by atoms with Crippen molar-refractivity contribution in [3.63, 3.8) is 0 Å². The van der Waals surface area contributed by atoms with Crippen molar-refractivity contribution in [2.24, 2.45) is 0 Å². The van der Waals surface area contributed by atoms with Crippen molar-refractivity contribution in [3.8, 4) is 5.75 Å². The van der Waals surface area contributed by atoms with E-state index in [0.717, 1.165) is 24.8 Å². The van der Waals surface area contributed by atoms with Gasteiger partial charge in [0.1, 0.15) is 5.75 Å². The molecule has 1 saturated carbocycles. The quantitative estimate of drug-likeness (QED) is 0.798. The van der Waals surface area contributed by atoms with Crippen molar-refractivity contribution in [1.82, 2.24) is 5.32 Å². The molecule has 0 spiro atoms. The highest BCUT2D eigenvalue weighted by Gasteiger charge is 2.24. The van der Waals surface area contributed by atoms with Gasteiger partial charge < -0.3 is 10.1 Å². The number of hydrogen-bond acceptors (Lipinski definition) is 2. The van der Waals surface area contributed by atoms with Gasteiger partial charge in [-0.25, -0.2) is 0 Å². The third-order valence-corrected chi connectivity index (χ3v) is 2.92. The Morgan fingerprint density at radius 3 is 2.80 bits per heavy atom. The van der Waals surface area contributed by atoms with Gasteiger partial charge in [-0.2, -0.15) is 0 Å². The second kappa shape index (κ2) is 4.67. The number of nitrogens with one attached hydrogen (secondary N) is 1. The first-order chi connectivity index (χ1) is 7.35. The molecule has 0 atom stereocenters. The molecule has 2 heteroatoms. The maximum Gasteiger partial charge on any atom is 0.123 e. The normalized spacial score (nSPS) is 15.3. The summed E-state index contributed by atoms with van der Waals surface area (Å²) in [6, 6.07) is 6.59. The second-order valence-electron chi connectivity index (χ2n) is 4.13. The van der Waals surface area contributed by atoms with Crippen LogP contribution in [-0.2, 0) is 6.54 Å². The van der Waals surface area contributed by atoms with E-state index in [-0.39, 0.29) is 0 Å². The molecule has 1 fully saturated rings. The van der Waals surface area contributed by atoms with Crippen molar-refractivity contribution in [3.05, 3.63) is 29.3 Å². The van der Waals surface area contributed by atoms with Gasteiger partial charge in [0, 0.05) is 12.1 Å². The second-order valence-corrected chi connectivity index (χ2v) is 4.13. The average Bonchev–Trinajstić information content (AvgIpc) is 3.09. The van der Waals surface area contributed by atoms with Crippen LogP contribution in [-0.4, -0.2) is 13.7 Å². The molecule has 0 amide bonds. The Labute approximate surface area is 91.6 Å². The van der Waals surface area contributed by atoms with E-state index in [1.165, 1.54) is 24.0 Å². The first kappa shape index (κ1) is 10.5. The highest BCUT2D eigenvalue weighted by molar-refractivity contribution is 5.39. The van der Waals surface area contributed by atoms with E-state index >= 15 is 0 Å². The van der Waals surface area contributed by atoms with E-state index < -0.39 is 0 Å². The first-order valence-electron chi connectivity index (χ1n) is 5.72. The van der Waals surface area contributed by atoms with Crippen LogP contribution < -0.4 is 10.1 Å². The largest absolute Gasteiger partial charge is 0.496 e. The molecule has 1 aliphatic rings. The molecule has 0 bridgehead atoms. The summed E-state index contributed by atoms with van der Waals surface area (Å²) in [6.45, 7) is 4.02. The number of ether oxygens (including phenoxy) is 1. The van der Waals surface area contributed by atoms with Crippen molar-refractivity contribution >= 4 is 0 Å². The van der Waals surface area contributed by atoms with Gasteiger partial charge in [0.05, 0.1) is 7.11 Å². The topological polar surface area (TPSA) is 21.3 Å². The zero-order valence-electron chi connectivity index (χ0n) is 9.55. The van der Waals surface area contributed by atoms with Gasteiger partial charge in [0.15, 0.2) is 0 Å². The Morgan fingerprint density at radius 1 is 1.40 bits per heavy atom. The fourth-order valence-corrected chi connectivity index (χ4v) is 1.87. The van der Waals surface area contributed by atoms with Gasteiger partial charge in [-0.1, -0.05) is 19.1 Å². The smallest absolute Gasteiger partial charge is 0.123 e. The van der Waals surface area contributed by atoms with Crippen molar-refractivity contribution in [2.45, 2.75) is 32.2 Å². The molecule has 2 nitrogen and oxygen atoms in total. The summed E-state index contributed by atoms with van der Waals surface area (Å²) >= 11 is 0. The highest BCUT2D eigenvalue weighted by atomic mass is 16.5.